The molecule has 0 saturated carbocycles. The van der Waals surface area contributed by atoms with Crippen molar-refractivity contribution in [3.8, 4) is 11.5 Å². The van der Waals surface area contributed by atoms with Crippen LogP contribution in [0.1, 0.15) is 12.8 Å². The van der Waals surface area contributed by atoms with Crippen LogP contribution in [-0.4, -0.2) is 46.8 Å². The SMILES string of the molecule is COc1cc2ncnc(Nc3ccc(F)c(Cl)c3F)c2cc1OC1CCN[C@H](C(=O)O)C1. The number of ether oxygens (including phenoxy) is 2. The number of aromatic nitrogens is 2. The first kappa shape index (κ1) is 22.0. The smallest absolute Gasteiger partial charge is 0.320 e. The summed E-state index contributed by atoms with van der Waals surface area (Å²) in [6, 6.07) is 4.84. The molecule has 3 N–H and O–H groups in total. The number of anilines is 2. The van der Waals surface area contributed by atoms with Gasteiger partial charge in [-0.25, -0.2) is 18.7 Å². The summed E-state index contributed by atoms with van der Waals surface area (Å²) < 4.78 is 39.4. The van der Waals surface area contributed by atoms with E-state index in [1.165, 1.54) is 19.5 Å². The van der Waals surface area contributed by atoms with Crippen LogP contribution in [0.5, 0.6) is 11.5 Å². The summed E-state index contributed by atoms with van der Waals surface area (Å²) in [7, 11) is 1.48. The topological polar surface area (TPSA) is 106 Å². The third kappa shape index (κ3) is 4.37. The van der Waals surface area contributed by atoms with Gasteiger partial charge in [-0.1, -0.05) is 11.6 Å². The standard InChI is InChI=1S/C21H19ClF2N4O4/c1-31-16-8-14-11(7-17(16)32-10-4-5-25-15(6-10)21(29)30)20(27-9-26-14)28-13-3-2-12(23)18(22)19(13)24/h2-3,7-10,15,25H,4-6H2,1H3,(H,29,30)(H,26,27,28)/t10?,15-/m0/s1. The molecule has 11 heteroatoms. The molecule has 1 aliphatic heterocycles. The van der Waals surface area contributed by atoms with Gasteiger partial charge in [-0.3, -0.25) is 4.79 Å². The Hall–Kier alpha value is -3.24. The Bertz CT molecular complexity index is 1180. The molecular formula is C21H19ClF2N4O4. The molecule has 0 spiro atoms. The lowest BCUT2D eigenvalue weighted by atomic mass is 10.0. The molecule has 168 valence electrons. The molecule has 0 aliphatic carbocycles. The van der Waals surface area contributed by atoms with Crippen molar-refractivity contribution in [1.82, 2.24) is 15.3 Å². The number of carboxylic acids is 1. The van der Waals surface area contributed by atoms with Crippen LogP contribution in [0.4, 0.5) is 20.3 Å². The van der Waals surface area contributed by atoms with E-state index in [0.717, 1.165) is 6.07 Å². The highest BCUT2D eigenvalue weighted by molar-refractivity contribution is 6.31. The highest BCUT2D eigenvalue weighted by Crippen LogP contribution is 2.37. The summed E-state index contributed by atoms with van der Waals surface area (Å²) >= 11 is 5.67. The molecule has 3 aromatic rings. The fraction of sp³-hybridized carbons (Fsp3) is 0.286. The second kappa shape index (κ2) is 9.09. The predicted molar refractivity (Wildman–Crippen MR) is 114 cm³/mol. The van der Waals surface area contributed by atoms with Crippen molar-refractivity contribution in [2.24, 2.45) is 0 Å². The first-order valence-electron chi connectivity index (χ1n) is 9.73. The Labute approximate surface area is 186 Å². The second-order valence-corrected chi connectivity index (χ2v) is 7.58. The van der Waals surface area contributed by atoms with E-state index in [2.05, 4.69) is 20.6 Å². The molecule has 32 heavy (non-hydrogen) atoms. The van der Waals surface area contributed by atoms with Crippen molar-refractivity contribution in [1.29, 1.82) is 0 Å². The molecule has 1 aromatic heterocycles. The number of hydrogen-bond acceptors (Lipinski definition) is 7. The number of hydrogen-bond donors (Lipinski definition) is 3. The van der Waals surface area contributed by atoms with Gasteiger partial charge in [-0.2, -0.15) is 0 Å². The summed E-state index contributed by atoms with van der Waals surface area (Å²) in [5, 5.41) is 14.9. The number of carbonyl (C=O) groups is 1. The zero-order chi connectivity index (χ0) is 22.8. The molecule has 4 rings (SSSR count). The first-order chi connectivity index (χ1) is 15.4. The van der Waals surface area contributed by atoms with Gasteiger partial charge in [0.1, 0.15) is 35.1 Å². The van der Waals surface area contributed by atoms with Crippen LogP contribution in [0.3, 0.4) is 0 Å². The van der Waals surface area contributed by atoms with Gasteiger partial charge in [0.15, 0.2) is 17.3 Å². The van der Waals surface area contributed by atoms with Crippen molar-refractivity contribution in [2.75, 3.05) is 19.0 Å². The van der Waals surface area contributed by atoms with Crippen molar-refractivity contribution in [3.05, 3.63) is 47.2 Å². The Kier molecular flexibility index (Phi) is 6.24. The predicted octanol–water partition coefficient (Wildman–Crippen LogP) is 3.90. The number of benzene rings is 2. The zero-order valence-corrected chi connectivity index (χ0v) is 17.6. The normalized spacial score (nSPS) is 18.4. The highest BCUT2D eigenvalue weighted by atomic mass is 35.5. The monoisotopic (exact) mass is 464 g/mol. The van der Waals surface area contributed by atoms with Gasteiger partial charge in [0.05, 0.1) is 18.3 Å². The van der Waals surface area contributed by atoms with Crippen LogP contribution in [-0.2, 0) is 4.79 Å². The molecule has 1 saturated heterocycles. The zero-order valence-electron chi connectivity index (χ0n) is 16.9. The Morgan fingerprint density at radius 2 is 2.09 bits per heavy atom. The van der Waals surface area contributed by atoms with E-state index in [1.807, 2.05) is 0 Å². The Morgan fingerprint density at radius 1 is 1.28 bits per heavy atom. The van der Waals surface area contributed by atoms with E-state index < -0.39 is 28.7 Å². The van der Waals surface area contributed by atoms with E-state index in [9.17, 15) is 18.7 Å². The molecule has 8 nitrogen and oxygen atoms in total. The average Bonchev–Trinajstić information content (AvgIpc) is 2.79. The summed E-state index contributed by atoms with van der Waals surface area (Å²) in [5.41, 5.74) is 0.436. The van der Waals surface area contributed by atoms with Gasteiger partial charge in [0.25, 0.3) is 0 Å². The van der Waals surface area contributed by atoms with Crippen molar-refractivity contribution in [2.45, 2.75) is 25.0 Å². The van der Waals surface area contributed by atoms with Crippen LogP contribution in [0.2, 0.25) is 5.02 Å². The van der Waals surface area contributed by atoms with E-state index in [4.69, 9.17) is 21.1 Å². The molecule has 1 aliphatic rings. The number of aliphatic carboxylic acids is 1. The second-order valence-electron chi connectivity index (χ2n) is 7.20. The minimum Gasteiger partial charge on any atom is -0.493 e. The lowest BCUT2D eigenvalue weighted by Gasteiger charge is -2.29. The Morgan fingerprint density at radius 3 is 2.84 bits per heavy atom. The van der Waals surface area contributed by atoms with Gasteiger partial charge >= 0.3 is 5.97 Å². The van der Waals surface area contributed by atoms with Gasteiger partial charge in [-0.05, 0) is 31.2 Å². The van der Waals surface area contributed by atoms with Crippen LogP contribution in [0, 0.1) is 11.6 Å². The molecule has 1 unspecified atom stereocenters. The van der Waals surface area contributed by atoms with Crippen molar-refractivity contribution >= 4 is 40.0 Å². The minimum atomic E-state index is -0.946. The fourth-order valence-corrected chi connectivity index (χ4v) is 3.69. The van der Waals surface area contributed by atoms with Crippen LogP contribution < -0.4 is 20.1 Å². The number of piperidine rings is 1. The van der Waals surface area contributed by atoms with Gasteiger partial charge in [0.2, 0.25) is 0 Å². The lowest BCUT2D eigenvalue weighted by molar-refractivity contribution is -0.140. The van der Waals surface area contributed by atoms with Crippen molar-refractivity contribution in [3.63, 3.8) is 0 Å². The maximum atomic E-state index is 14.4. The summed E-state index contributed by atoms with van der Waals surface area (Å²) in [6.45, 7) is 0.498. The third-order valence-corrected chi connectivity index (χ3v) is 5.50. The first-order valence-corrected chi connectivity index (χ1v) is 10.1. The number of methoxy groups -OCH3 is 1. The number of nitrogens with one attached hydrogen (secondary N) is 2. The molecule has 1 fully saturated rings. The van der Waals surface area contributed by atoms with Gasteiger partial charge < -0.3 is 25.2 Å². The molecule has 0 bridgehead atoms. The van der Waals surface area contributed by atoms with Gasteiger partial charge in [-0.15, -0.1) is 0 Å². The molecule has 2 atom stereocenters. The van der Waals surface area contributed by atoms with E-state index in [0.29, 0.717) is 35.4 Å². The van der Waals surface area contributed by atoms with E-state index >= 15 is 0 Å². The summed E-state index contributed by atoms with van der Waals surface area (Å²) in [5.74, 6) is -1.74. The molecule has 0 radical (unpaired) electrons. The lowest BCUT2D eigenvalue weighted by Crippen LogP contribution is -2.46. The number of fused-ring (bicyclic) bond motifs is 1. The fourth-order valence-electron chi connectivity index (χ4n) is 3.52. The van der Waals surface area contributed by atoms with Crippen LogP contribution in [0.25, 0.3) is 10.9 Å². The summed E-state index contributed by atoms with van der Waals surface area (Å²) in [4.78, 5) is 19.7. The maximum absolute atomic E-state index is 14.4. The molecule has 2 heterocycles. The van der Waals surface area contributed by atoms with Crippen molar-refractivity contribution < 1.29 is 28.2 Å². The largest absolute Gasteiger partial charge is 0.493 e. The third-order valence-electron chi connectivity index (χ3n) is 5.16. The van der Waals surface area contributed by atoms with Crippen LogP contribution in [0.15, 0.2) is 30.6 Å². The number of halogens is 3. The molecule has 2 aromatic carbocycles. The van der Waals surface area contributed by atoms with Gasteiger partial charge in [0, 0.05) is 17.9 Å². The average molecular weight is 465 g/mol. The maximum Gasteiger partial charge on any atom is 0.320 e. The molecule has 0 amide bonds. The quantitative estimate of drug-likeness (QED) is 0.472. The Balaban J connectivity index is 1.69. The van der Waals surface area contributed by atoms with E-state index in [-0.39, 0.29) is 24.0 Å². The number of rotatable bonds is 6. The minimum absolute atomic E-state index is 0.0580. The highest BCUT2D eigenvalue weighted by Gasteiger charge is 2.28. The molecular weight excluding hydrogens is 446 g/mol. The van der Waals surface area contributed by atoms with E-state index in [1.54, 1.807) is 12.1 Å². The number of nitrogens with zero attached hydrogens (tertiary/aromatic N) is 2. The van der Waals surface area contributed by atoms with Crippen LogP contribution >= 0.6 is 11.6 Å². The summed E-state index contributed by atoms with van der Waals surface area (Å²) in [6.07, 6.45) is 1.84. The number of carboxylic acid groups (broad SMARTS) is 1.